The number of carbonyl (C=O) groups excluding carboxylic acids is 1. The fourth-order valence-electron chi connectivity index (χ4n) is 4.46. The van der Waals surface area contributed by atoms with Gasteiger partial charge in [-0.1, -0.05) is 36.4 Å². The van der Waals surface area contributed by atoms with Crippen molar-refractivity contribution in [1.29, 1.82) is 10.5 Å². The maximum absolute atomic E-state index is 11.5. The molecule has 0 bridgehead atoms. The number of nitriles is 2. The number of rotatable bonds is 15. The summed E-state index contributed by atoms with van der Waals surface area (Å²) >= 11 is 2.22. The molecule has 0 aliphatic heterocycles. The zero-order valence-electron chi connectivity index (χ0n) is 23.2. The van der Waals surface area contributed by atoms with E-state index in [1.807, 2.05) is 66.7 Å². The number of aromatic carboxylic acids is 1. The Morgan fingerprint density at radius 1 is 0.721 bits per heavy atom. The van der Waals surface area contributed by atoms with Crippen LogP contribution in [0.15, 0.2) is 94.7 Å². The molecule has 0 unspecified atom stereocenters. The van der Waals surface area contributed by atoms with E-state index in [2.05, 4.69) is 30.6 Å². The first-order chi connectivity index (χ1) is 20.9. The van der Waals surface area contributed by atoms with Crippen LogP contribution in [0, 0.1) is 21.3 Å². The number of carboxylic acid groups (broad SMARTS) is 1. The summed E-state index contributed by atoms with van der Waals surface area (Å²) in [4.78, 5) is 37.9. The van der Waals surface area contributed by atoms with Crippen molar-refractivity contribution in [2.45, 2.75) is 36.0 Å². The summed E-state index contributed by atoms with van der Waals surface area (Å²) in [7, 11) is 0. The van der Waals surface area contributed by atoms with Crippen LogP contribution in [0.4, 0.5) is 0 Å². The van der Waals surface area contributed by atoms with E-state index in [0.29, 0.717) is 50.7 Å². The van der Waals surface area contributed by atoms with E-state index in [9.17, 15) is 14.7 Å². The highest BCUT2D eigenvalue weighted by Crippen LogP contribution is 2.20. The van der Waals surface area contributed by atoms with Crippen LogP contribution < -0.4 is 0 Å². The van der Waals surface area contributed by atoms with Gasteiger partial charge < -0.3 is 5.11 Å². The molecule has 11 heteroatoms. The summed E-state index contributed by atoms with van der Waals surface area (Å²) in [6.45, 7) is 3.42. The molecule has 216 valence electrons. The van der Waals surface area contributed by atoms with Crippen LogP contribution in [0.3, 0.4) is 0 Å². The lowest BCUT2D eigenvalue weighted by molar-refractivity contribution is 0.0689. The molecule has 43 heavy (non-hydrogen) atoms. The average molecular weight is 609 g/mol. The maximum Gasteiger partial charge on any atom is 0.354 e. The second-order valence-corrected chi connectivity index (χ2v) is 11.3. The second kappa shape index (κ2) is 16.2. The predicted molar refractivity (Wildman–Crippen MR) is 165 cm³/mol. The molecule has 0 amide bonds. The van der Waals surface area contributed by atoms with E-state index in [4.69, 9.17) is 10.5 Å². The molecular weight excluding hydrogens is 581 g/mol. The fraction of sp³-hybridized carbons (Fsp3) is 0.188. The minimum absolute atomic E-state index is 0.00361. The van der Waals surface area contributed by atoms with Gasteiger partial charge in [0.15, 0.2) is 6.29 Å². The SMILES string of the molecule is N#CSc1ccc(CN(CCN(Cc2ccc(SC#N)cc2)Cc2cccc(C(=O)O)n2)Cc2cccc(C=O)n2)cc1. The molecule has 0 aliphatic rings. The summed E-state index contributed by atoms with van der Waals surface area (Å²) in [6, 6.07) is 26.0. The van der Waals surface area contributed by atoms with Crippen molar-refractivity contribution in [2.75, 3.05) is 13.1 Å². The van der Waals surface area contributed by atoms with Gasteiger partial charge in [0, 0.05) is 49.1 Å². The Hall–Kier alpha value is -4.52. The Labute approximate surface area is 258 Å². The van der Waals surface area contributed by atoms with Crippen LogP contribution in [0.2, 0.25) is 0 Å². The van der Waals surface area contributed by atoms with E-state index in [0.717, 1.165) is 56.4 Å². The van der Waals surface area contributed by atoms with Gasteiger partial charge in [0.2, 0.25) is 0 Å². The normalized spacial score (nSPS) is 10.8. The van der Waals surface area contributed by atoms with Crippen LogP contribution in [-0.2, 0) is 26.2 Å². The van der Waals surface area contributed by atoms with E-state index in [-0.39, 0.29) is 5.69 Å². The lowest BCUT2D eigenvalue weighted by Gasteiger charge is -2.28. The summed E-state index contributed by atoms with van der Waals surface area (Å²) < 4.78 is 0. The van der Waals surface area contributed by atoms with Crippen molar-refractivity contribution in [3.05, 3.63) is 119 Å². The van der Waals surface area contributed by atoms with Gasteiger partial charge in [0.05, 0.1) is 11.4 Å². The quantitative estimate of drug-likeness (QED) is 0.0991. The van der Waals surface area contributed by atoms with Crippen LogP contribution in [0.1, 0.15) is 43.5 Å². The van der Waals surface area contributed by atoms with Crippen molar-refractivity contribution < 1.29 is 14.7 Å². The molecule has 0 fully saturated rings. The number of hydrogen-bond donors (Lipinski definition) is 1. The molecule has 0 saturated heterocycles. The number of benzene rings is 2. The third kappa shape index (κ3) is 10.1. The molecule has 2 aromatic heterocycles. The van der Waals surface area contributed by atoms with Crippen molar-refractivity contribution in [3.8, 4) is 10.8 Å². The number of aromatic nitrogens is 2. The highest BCUT2D eigenvalue weighted by atomic mass is 32.2. The fourth-order valence-corrected chi connectivity index (χ4v) is 5.21. The maximum atomic E-state index is 11.5. The van der Waals surface area contributed by atoms with Crippen LogP contribution in [0.25, 0.3) is 0 Å². The molecule has 0 radical (unpaired) electrons. The predicted octanol–water partition coefficient (Wildman–Crippen LogP) is 5.84. The summed E-state index contributed by atoms with van der Waals surface area (Å²) in [6.07, 6.45) is 0.736. The third-order valence-electron chi connectivity index (χ3n) is 6.46. The van der Waals surface area contributed by atoms with Gasteiger partial charge in [0.25, 0.3) is 0 Å². The lowest BCUT2D eigenvalue weighted by Crippen LogP contribution is -2.34. The van der Waals surface area contributed by atoms with Crippen LogP contribution >= 0.6 is 23.5 Å². The van der Waals surface area contributed by atoms with Crippen molar-refractivity contribution >= 4 is 35.8 Å². The number of thiocyanates is 2. The Balaban J connectivity index is 1.56. The van der Waals surface area contributed by atoms with Gasteiger partial charge in [-0.25, -0.2) is 14.8 Å². The summed E-state index contributed by atoms with van der Waals surface area (Å²) in [5.74, 6) is -1.07. The van der Waals surface area contributed by atoms with Gasteiger partial charge in [-0.2, -0.15) is 10.5 Å². The highest BCUT2D eigenvalue weighted by Gasteiger charge is 2.15. The molecule has 0 aliphatic carbocycles. The Kier molecular flexibility index (Phi) is 11.8. The van der Waals surface area contributed by atoms with Crippen LogP contribution in [-0.4, -0.2) is 50.2 Å². The minimum atomic E-state index is -1.07. The third-order valence-corrected chi connectivity index (χ3v) is 7.66. The number of pyridine rings is 2. The molecule has 4 rings (SSSR count). The zero-order chi connectivity index (χ0) is 30.4. The summed E-state index contributed by atoms with van der Waals surface area (Å²) in [5.41, 5.74) is 3.91. The van der Waals surface area contributed by atoms with E-state index in [1.54, 1.807) is 12.1 Å². The smallest absolute Gasteiger partial charge is 0.354 e. The zero-order valence-corrected chi connectivity index (χ0v) is 24.8. The first-order valence-corrected chi connectivity index (χ1v) is 14.9. The lowest BCUT2D eigenvalue weighted by atomic mass is 10.2. The average Bonchev–Trinajstić information content (AvgIpc) is 3.02. The second-order valence-electron chi connectivity index (χ2n) is 9.59. The van der Waals surface area contributed by atoms with E-state index >= 15 is 0 Å². The van der Waals surface area contributed by atoms with Gasteiger partial charge in [-0.05, 0) is 83.2 Å². The molecule has 0 spiro atoms. The molecule has 1 N–H and O–H groups in total. The summed E-state index contributed by atoms with van der Waals surface area (Å²) in [5, 5.41) is 31.6. The monoisotopic (exact) mass is 608 g/mol. The van der Waals surface area contributed by atoms with Crippen molar-refractivity contribution in [1.82, 2.24) is 19.8 Å². The van der Waals surface area contributed by atoms with Gasteiger partial charge >= 0.3 is 5.97 Å². The number of carboxylic acids is 1. The topological polar surface area (TPSA) is 134 Å². The number of carbonyl (C=O) groups is 2. The molecule has 0 atom stereocenters. The van der Waals surface area contributed by atoms with Crippen molar-refractivity contribution in [3.63, 3.8) is 0 Å². The standard InChI is InChI=1S/C32H28N6O3S2/c33-22-42-29-11-7-24(8-12-29)17-37(19-26-3-1-5-28(21-39)35-26)15-16-38(18-25-9-13-30(14-10-25)43-23-34)20-27-4-2-6-31(36-27)32(40)41/h1-14,21H,15-20H2,(H,40,41). The Bertz CT molecular complexity index is 1620. The largest absolute Gasteiger partial charge is 0.477 e. The van der Waals surface area contributed by atoms with E-state index in [1.165, 1.54) is 6.07 Å². The molecule has 0 saturated carbocycles. The van der Waals surface area contributed by atoms with Crippen molar-refractivity contribution in [2.24, 2.45) is 0 Å². The first kappa shape index (κ1) is 31.4. The Morgan fingerprint density at radius 3 is 1.67 bits per heavy atom. The number of thioether (sulfide) groups is 2. The first-order valence-electron chi connectivity index (χ1n) is 13.3. The number of aldehydes is 1. The number of hydrogen-bond acceptors (Lipinski definition) is 10. The Morgan fingerprint density at radius 2 is 1.21 bits per heavy atom. The molecule has 2 aromatic carbocycles. The molecule has 9 nitrogen and oxygen atoms in total. The van der Waals surface area contributed by atoms with E-state index < -0.39 is 5.97 Å². The highest BCUT2D eigenvalue weighted by molar-refractivity contribution is 8.04. The molecule has 2 heterocycles. The van der Waals surface area contributed by atoms with Gasteiger partial charge in [0.1, 0.15) is 22.2 Å². The van der Waals surface area contributed by atoms with Gasteiger partial charge in [-0.15, -0.1) is 0 Å². The minimum Gasteiger partial charge on any atom is -0.477 e. The van der Waals surface area contributed by atoms with Crippen LogP contribution in [0.5, 0.6) is 0 Å². The molecular formula is C32H28N6O3S2. The number of nitrogens with zero attached hydrogens (tertiary/aromatic N) is 6. The molecule has 4 aromatic rings. The van der Waals surface area contributed by atoms with Gasteiger partial charge in [-0.3, -0.25) is 14.6 Å².